The van der Waals surface area contributed by atoms with Gasteiger partial charge in [-0.2, -0.15) is 0 Å². The lowest BCUT2D eigenvalue weighted by atomic mass is 10.2. The van der Waals surface area contributed by atoms with Crippen LogP contribution in [0.1, 0.15) is 5.56 Å². The molecule has 0 atom stereocenters. The number of aromatic nitrogens is 4. The molecule has 9 heteroatoms. The molecule has 25 heavy (non-hydrogen) atoms. The quantitative estimate of drug-likeness (QED) is 0.471. The Morgan fingerprint density at radius 1 is 1.20 bits per heavy atom. The predicted octanol–water partition coefficient (Wildman–Crippen LogP) is -0.521. The first-order valence-electron chi connectivity index (χ1n) is 7.56. The lowest BCUT2D eigenvalue weighted by Gasteiger charge is -2.03. The molecular weight excluding hydrogens is 342 g/mol. The van der Waals surface area contributed by atoms with Gasteiger partial charge < -0.3 is 5.73 Å². The summed E-state index contributed by atoms with van der Waals surface area (Å²) < 4.78 is 4.23. The Bertz CT molecular complexity index is 1070. The minimum absolute atomic E-state index is 0.0654. The predicted molar refractivity (Wildman–Crippen MR) is 94.4 cm³/mol. The van der Waals surface area contributed by atoms with Gasteiger partial charge in [-0.25, -0.2) is 14.3 Å². The summed E-state index contributed by atoms with van der Waals surface area (Å²) >= 11 is 1.20. The van der Waals surface area contributed by atoms with E-state index in [1.54, 1.807) is 11.6 Å². The van der Waals surface area contributed by atoms with Crippen LogP contribution < -0.4 is 21.5 Å². The maximum atomic E-state index is 12.7. The highest BCUT2D eigenvalue weighted by molar-refractivity contribution is 7.99. The van der Waals surface area contributed by atoms with E-state index in [0.717, 1.165) is 10.1 Å². The lowest BCUT2D eigenvalue weighted by molar-refractivity contribution is -0.700. The molecule has 0 saturated carbocycles. The van der Waals surface area contributed by atoms with E-state index in [4.69, 9.17) is 5.73 Å². The van der Waals surface area contributed by atoms with Gasteiger partial charge in [0.2, 0.25) is 5.91 Å². The maximum Gasteiger partial charge on any atom is 0.333 e. The van der Waals surface area contributed by atoms with Gasteiger partial charge in [-0.15, -0.1) is 0 Å². The zero-order valence-corrected chi connectivity index (χ0v) is 14.7. The Kier molecular flexibility index (Phi) is 4.49. The molecule has 0 aliphatic rings. The van der Waals surface area contributed by atoms with E-state index in [-0.39, 0.29) is 5.75 Å². The molecule has 0 spiro atoms. The molecule has 3 rings (SSSR count). The van der Waals surface area contributed by atoms with Gasteiger partial charge in [0.15, 0.2) is 0 Å². The number of rotatable bonds is 5. The standard InChI is InChI=1S/C16H17N5O3S/c1-19-13-12(14(23)20(2)16(19)24)21(8-10-6-4-3-5-7-10)15(18-13)25-9-11(17)22/h3-7H,8-9H2,1-2H3,(H2,17,22)/p+1. The van der Waals surface area contributed by atoms with Crippen molar-refractivity contribution in [2.75, 3.05) is 5.75 Å². The van der Waals surface area contributed by atoms with Crippen molar-refractivity contribution < 1.29 is 9.36 Å². The first-order valence-corrected chi connectivity index (χ1v) is 8.55. The van der Waals surface area contributed by atoms with Gasteiger partial charge in [0.1, 0.15) is 6.54 Å². The number of carbonyl (C=O) groups excluding carboxylic acids is 1. The molecule has 0 aliphatic carbocycles. The first-order chi connectivity index (χ1) is 11.9. The Hall–Kier alpha value is -2.81. The van der Waals surface area contributed by atoms with Crippen LogP contribution in [0, 0.1) is 0 Å². The number of primary amides is 1. The number of imidazole rings is 1. The van der Waals surface area contributed by atoms with E-state index in [0.29, 0.717) is 22.9 Å². The Morgan fingerprint density at radius 2 is 1.88 bits per heavy atom. The number of hydrogen-bond acceptors (Lipinski definition) is 4. The average molecular weight is 360 g/mol. The van der Waals surface area contributed by atoms with E-state index in [2.05, 4.69) is 4.98 Å². The number of nitrogens with zero attached hydrogens (tertiary/aromatic N) is 3. The summed E-state index contributed by atoms with van der Waals surface area (Å²) in [5, 5.41) is 0.593. The number of aryl methyl sites for hydroxylation is 1. The summed E-state index contributed by atoms with van der Waals surface area (Å²) in [5.74, 6) is -0.396. The molecular formula is C16H18N5O3S+. The summed E-state index contributed by atoms with van der Waals surface area (Å²) in [7, 11) is 3.04. The van der Waals surface area contributed by atoms with Gasteiger partial charge in [-0.3, -0.25) is 18.7 Å². The third-order valence-electron chi connectivity index (χ3n) is 3.92. The molecule has 1 aromatic carbocycles. The zero-order valence-electron chi connectivity index (χ0n) is 13.9. The van der Waals surface area contributed by atoms with Gasteiger partial charge in [0, 0.05) is 14.1 Å². The van der Waals surface area contributed by atoms with Crippen molar-refractivity contribution in [1.82, 2.24) is 14.1 Å². The summed E-state index contributed by atoms with van der Waals surface area (Å²) in [6.45, 7) is 0.426. The highest BCUT2D eigenvalue weighted by atomic mass is 32.2. The summed E-state index contributed by atoms with van der Waals surface area (Å²) in [5.41, 5.74) is 6.21. The molecule has 2 aromatic heterocycles. The maximum absolute atomic E-state index is 12.7. The highest BCUT2D eigenvalue weighted by Gasteiger charge is 2.26. The van der Waals surface area contributed by atoms with Crippen LogP contribution >= 0.6 is 11.8 Å². The largest absolute Gasteiger partial charge is 0.369 e. The number of nitrogens with two attached hydrogens (primary N) is 1. The number of benzene rings is 1. The molecule has 0 saturated heterocycles. The number of fused-ring (bicyclic) bond motifs is 1. The summed E-state index contributed by atoms with van der Waals surface area (Å²) in [6, 6.07) is 9.63. The van der Waals surface area contributed by atoms with Crippen molar-refractivity contribution >= 4 is 28.8 Å². The number of carbonyl (C=O) groups is 1. The molecule has 0 bridgehead atoms. The Morgan fingerprint density at radius 3 is 2.52 bits per heavy atom. The molecule has 3 aromatic rings. The fraction of sp³-hybridized carbons (Fsp3) is 0.250. The SMILES string of the molecule is Cn1c(=O)c2c([nH]c(SCC(N)=O)[n+]2Cc2ccccc2)n(C)c1=O. The topological polar surface area (TPSA) is 107 Å². The van der Waals surface area contributed by atoms with E-state index in [9.17, 15) is 14.4 Å². The van der Waals surface area contributed by atoms with E-state index in [1.807, 2.05) is 30.3 Å². The van der Waals surface area contributed by atoms with E-state index < -0.39 is 17.2 Å². The van der Waals surface area contributed by atoms with Gasteiger partial charge in [-0.05, 0) is 17.3 Å². The van der Waals surface area contributed by atoms with Crippen molar-refractivity contribution in [3.8, 4) is 0 Å². The van der Waals surface area contributed by atoms with Crippen LogP contribution in [-0.4, -0.2) is 25.8 Å². The van der Waals surface area contributed by atoms with E-state index in [1.165, 1.54) is 23.4 Å². The molecule has 0 aliphatic heterocycles. The molecule has 0 radical (unpaired) electrons. The van der Waals surface area contributed by atoms with Crippen LogP contribution in [0.2, 0.25) is 0 Å². The summed E-state index contributed by atoms with van der Waals surface area (Å²) in [6.07, 6.45) is 0. The summed E-state index contributed by atoms with van der Waals surface area (Å²) in [4.78, 5) is 39.1. The van der Waals surface area contributed by atoms with Crippen LogP contribution in [0.25, 0.3) is 11.2 Å². The number of aromatic amines is 1. The normalized spacial score (nSPS) is 11.1. The first kappa shape index (κ1) is 17.0. The second-order valence-electron chi connectivity index (χ2n) is 5.66. The minimum Gasteiger partial charge on any atom is -0.369 e. The second kappa shape index (κ2) is 6.60. The second-order valence-corrected chi connectivity index (χ2v) is 6.62. The number of H-pyrrole nitrogens is 1. The number of thioether (sulfide) groups is 1. The van der Waals surface area contributed by atoms with Crippen molar-refractivity contribution in [2.45, 2.75) is 11.7 Å². The molecule has 1 amide bonds. The van der Waals surface area contributed by atoms with Crippen LogP contribution in [0.15, 0.2) is 45.1 Å². The monoisotopic (exact) mass is 360 g/mol. The Balaban J connectivity index is 2.26. The molecule has 8 nitrogen and oxygen atoms in total. The fourth-order valence-corrected chi connectivity index (χ4v) is 3.41. The van der Waals surface area contributed by atoms with Gasteiger partial charge in [0.05, 0.1) is 5.75 Å². The zero-order chi connectivity index (χ0) is 18.1. The molecule has 3 N–H and O–H groups in total. The van der Waals surface area contributed by atoms with Gasteiger partial charge in [0.25, 0.3) is 11.2 Å². The minimum atomic E-state index is -0.461. The van der Waals surface area contributed by atoms with Crippen molar-refractivity contribution in [1.29, 1.82) is 0 Å². The van der Waals surface area contributed by atoms with Crippen molar-refractivity contribution in [3.05, 3.63) is 56.7 Å². The van der Waals surface area contributed by atoms with Crippen LogP contribution in [0.5, 0.6) is 0 Å². The molecule has 0 fully saturated rings. The van der Waals surface area contributed by atoms with Crippen LogP contribution in [0.3, 0.4) is 0 Å². The van der Waals surface area contributed by atoms with Crippen LogP contribution in [-0.2, 0) is 25.4 Å². The lowest BCUT2D eigenvalue weighted by Crippen LogP contribution is -2.44. The Labute approximate surface area is 146 Å². The van der Waals surface area contributed by atoms with Crippen LogP contribution in [0.4, 0.5) is 0 Å². The van der Waals surface area contributed by atoms with Gasteiger partial charge in [-0.1, -0.05) is 30.3 Å². The molecule has 130 valence electrons. The van der Waals surface area contributed by atoms with Crippen molar-refractivity contribution in [2.24, 2.45) is 19.8 Å². The third kappa shape index (κ3) is 3.10. The third-order valence-corrected chi connectivity index (χ3v) is 4.94. The molecule has 2 heterocycles. The van der Waals surface area contributed by atoms with Gasteiger partial charge >= 0.3 is 16.4 Å². The number of hydrogen-bond donors (Lipinski definition) is 2. The number of amides is 1. The van der Waals surface area contributed by atoms with E-state index >= 15 is 0 Å². The fourth-order valence-electron chi connectivity index (χ4n) is 2.65. The smallest absolute Gasteiger partial charge is 0.333 e. The average Bonchev–Trinajstić information content (AvgIpc) is 2.95. The molecule has 0 unspecified atom stereocenters. The van der Waals surface area contributed by atoms with Crippen molar-refractivity contribution in [3.63, 3.8) is 0 Å². The number of nitrogens with one attached hydrogen (secondary N) is 1. The highest BCUT2D eigenvalue weighted by Crippen LogP contribution is 2.15.